The van der Waals surface area contributed by atoms with Gasteiger partial charge in [0.25, 0.3) is 0 Å². The molecule has 0 bridgehead atoms. The summed E-state index contributed by atoms with van der Waals surface area (Å²) in [7, 11) is 0. The van der Waals surface area contributed by atoms with Crippen molar-refractivity contribution in [2.45, 2.75) is 52.6 Å². The zero-order chi connectivity index (χ0) is 12.4. The molecule has 0 unspecified atom stereocenters. The van der Waals surface area contributed by atoms with Crippen molar-refractivity contribution in [1.29, 1.82) is 0 Å². The summed E-state index contributed by atoms with van der Waals surface area (Å²) in [5.41, 5.74) is 10.6. The quantitative estimate of drug-likeness (QED) is 0.849. The Hall–Kier alpha value is -1.09. The second kappa shape index (κ2) is 5.05. The molecule has 2 rings (SSSR count). The smallest absolute Gasteiger partial charge is 0.0450 e. The fourth-order valence-electron chi connectivity index (χ4n) is 2.47. The first-order valence-corrected chi connectivity index (χ1v) is 6.61. The van der Waals surface area contributed by atoms with Crippen LogP contribution in [-0.4, -0.2) is 17.6 Å². The Balaban J connectivity index is 2.39. The molecule has 1 aliphatic carbocycles. The number of anilines is 1. The van der Waals surface area contributed by atoms with Gasteiger partial charge in [0, 0.05) is 41.8 Å². The molecule has 3 nitrogen and oxygen atoms in total. The normalized spacial score (nSPS) is 15.1. The van der Waals surface area contributed by atoms with Gasteiger partial charge in [-0.2, -0.15) is 0 Å². The Kier molecular flexibility index (Phi) is 3.67. The fourth-order valence-corrected chi connectivity index (χ4v) is 2.47. The van der Waals surface area contributed by atoms with E-state index in [2.05, 4.69) is 36.7 Å². The molecule has 0 radical (unpaired) electrons. The minimum absolute atomic E-state index is 0.585. The molecule has 1 aliphatic rings. The van der Waals surface area contributed by atoms with Crippen LogP contribution < -0.4 is 10.6 Å². The van der Waals surface area contributed by atoms with E-state index in [1.54, 1.807) is 0 Å². The van der Waals surface area contributed by atoms with Crippen LogP contribution in [0.3, 0.4) is 0 Å². The lowest BCUT2D eigenvalue weighted by Crippen LogP contribution is -2.28. The van der Waals surface area contributed by atoms with Gasteiger partial charge in [-0.3, -0.25) is 4.98 Å². The van der Waals surface area contributed by atoms with Crippen LogP contribution in [0.25, 0.3) is 0 Å². The van der Waals surface area contributed by atoms with Crippen molar-refractivity contribution in [3.05, 3.63) is 23.0 Å². The SMILES string of the molecule is CCCN(c1cc(C)nc(C)c1CN)C1CC1. The standard InChI is InChI=1S/C14H23N3/c1-4-7-17(12-5-6-12)14-8-10(2)16-11(3)13(14)9-15/h8,12H,4-7,9,15H2,1-3H3. The molecule has 2 N–H and O–H groups in total. The van der Waals surface area contributed by atoms with E-state index in [0.29, 0.717) is 6.54 Å². The maximum atomic E-state index is 5.89. The average molecular weight is 233 g/mol. The van der Waals surface area contributed by atoms with Crippen LogP contribution in [-0.2, 0) is 6.54 Å². The molecule has 1 heterocycles. The first-order valence-electron chi connectivity index (χ1n) is 6.61. The Morgan fingerprint density at radius 3 is 2.65 bits per heavy atom. The molecule has 0 aliphatic heterocycles. The van der Waals surface area contributed by atoms with Crippen LogP contribution in [0, 0.1) is 13.8 Å². The van der Waals surface area contributed by atoms with Gasteiger partial charge in [-0.05, 0) is 39.2 Å². The van der Waals surface area contributed by atoms with E-state index < -0.39 is 0 Å². The van der Waals surface area contributed by atoms with Crippen LogP contribution >= 0.6 is 0 Å². The largest absolute Gasteiger partial charge is 0.368 e. The predicted octanol–water partition coefficient (Wildman–Crippen LogP) is 2.54. The number of pyridine rings is 1. The predicted molar refractivity (Wildman–Crippen MR) is 72.3 cm³/mol. The third-order valence-electron chi connectivity index (χ3n) is 3.40. The summed E-state index contributed by atoms with van der Waals surface area (Å²) in [6.07, 6.45) is 3.83. The zero-order valence-corrected chi connectivity index (χ0v) is 11.2. The van der Waals surface area contributed by atoms with Gasteiger partial charge in [0.05, 0.1) is 0 Å². The van der Waals surface area contributed by atoms with Crippen LogP contribution in [0.4, 0.5) is 5.69 Å². The third-order valence-corrected chi connectivity index (χ3v) is 3.40. The molecule has 1 fully saturated rings. The van der Waals surface area contributed by atoms with Crippen molar-refractivity contribution in [1.82, 2.24) is 4.98 Å². The third kappa shape index (κ3) is 2.60. The highest BCUT2D eigenvalue weighted by atomic mass is 15.2. The number of nitrogens with two attached hydrogens (primary N) is 1. The number of aromatic nitrogens is 1. The van der Waals surface area contributed by atoms with Crippen molar-refractivity contribution in [3.8, 4) is 0 Å². The van der Waals surface area contributed by atoms with E-state index >= 15 is 0 Å². The lowest BCUT2D eigenvalue weighted by atomic mass is 10.1. The monoisotopic (exact) mass is 233 g/mol. The van der Waals surface area contributed by atoms with Gasteiger partial charge < -0.3 is 10.6 Å². The Morgan fingerprint density at radius 2 is 2.12 bits per heavy atom. The minimum atomic E-state index is 0.585. The molecule has 1 aromatic heterocycles. The molecule has 3 heteroatoms. The minimum Gasteiger partial charge on any atom is -0.368 e. The Labute approximate surface area is 104 Å². The maximum Gasteiger partial charge on any atom is 0.0450 e. The first-order chi connectivity index (χ1) is 8.17. The maximum absolute atomic E-state index is 5.89. The van der Waals surface area contributed by atoms with Crippen LogP contribution in [0.2, 0.25) is 0 Å². The molecule has 94 valence electrons. The topological polar surface area (TPSA) is 42.2 Å². The summed E-state index contributed by atoms with van der Waals surface area (Å²) in [5.74, 6) is 0. The van der Waals surface area contributed by atoms with Crippen molar-refractivity contribution in [3.63, 3.8) is 0 Å². The number of rotatable bonds is 5. The van der Waals surface area contributed by atoms with Gasteiger partial charge in [0.15, 0.2) is 0 Å². The average Bonchev–Trinajstić information content (AvgIpc) is 3.08. The highest BCUT2D eigenvalue weighted by Crippen LogP contribution is 2.34. The molecule has 17 heavy (non-hydrogen) atoms. The fraction of sp³-hybridized carbons (Fsp3) is 0.643. The summed E-state index contributed by atoms with van der Waals surface area (Å²) >= 11 is 0. The number of nitrogens with zero attached hydrogens (tertiary/aromatic N) is 2. The molecule has 0 atom stereocenters. The second-order valence-corrected chi connectivity index (χ2v) is 4.98. The molecular formula is C14H23N3. The number of aryl methyl sites for hydroxylation is 2. The molecule has 0 spiro atoms. The lowest BCUT2D eigenvalue weighted by molar-refractivity contribution is 0.753. The first kappa shape index (κ1) is 12.4. The molecular weight excluding hydrogens is 210 g/mol. The Morgan fingerprint density at radius 1 is 1.41 bits per heavy atom. The lowest BCUT2D eigenvalue weighted by Gasteiger charge is -2.27. The van der Waals surface area contributed by atoms with E-state index in [4.69, 9.17) is 5.73 Å². The van der Waals surface area contributed by atoms with Crippen LogP contribution in [0.15, 0.2) is 6.07 Å². The molecule has 0 amide bonds. The van der Waals surface area contributed by atoms with Crippen molar-refractivity contribution >= 4 is 5.69 Å². The Bertz CT molecular complexity index is 397. The van der Waals surface area contributed by atoms with E-state index in [0.717, 1.165) is 24.0 Å². The molecule has 1 saturated carbocycles. The van der Waals surface area contributed by atoms with E-state index in [1.165, 1.54) is 30.5 Å². The van der Waals surface area contributed by atoms with E-state index in [9.17, 15) is 0 Å². The number of hydrogen-bond donors (Lipinski definition) is 1. The number of hydrogen-bond acceptors (Lipinski definition) is 3. The summed E-state index contributed by atoms with van der Waals surface area (Å²) in [6, 6.07) is 2.94. The van der Waals surface area contributed by atoms with Crippen molar-refractivity contribution in [2.75, 3.05) is 11.4 Å². The molecule has 0 aromatic carbocycles. The van der Waals surface area contributed by atoms with Crippen molar-refractivity contribution < 1.29 is 0 Å². The van der Waals surface area contributed by atoms with E-state index in [-0.39, 0.29) is 0 Å². The second-order valence-electron chi connectivity index (χ2n) is 4.98. The van der Waals surface area contributed by atoms with Crippen LogP contribution in [0.5, 0.6) is 0 Å². The van der Waals surface area contributed by atoms with Gasteiger partial charge in [-0.15, -0.1) is 0 Å². The molecule has 1 aromatic rings. The van der Waals surface area contributed by atoms with Gasteiger partial charge >= 0.3 is 0 Å². The van der Waals surface area contributed by atoms with Gasteiger partial charge in [-0.1, -0.05) is 6.92 Å². The van der Waals surface area contributed by atoms with Crippen LogP contribution in [0.1, 0.15) is 43.1 Å². The summed E-state index contributed by atoms with van der Waals surface area (Å²) < 4.78 is 0. The van der Waals surface area contributed by atoms with Crippen molar-refractivity contribution in [2.24, 2.45) is 5.73 Å². The van der Waals surface area contributed by atoms with Gasteiger partial charge in [0.2, 0.25) is 0 Å². The zero-order valence-electron chi connectivity index (χ0n) is 11.2. The molecule has 0 saturated heterocycles. The summed E-state index contributed by atoms with van der Waals surface area (Å²) in [6.45, 7) is 8.07. The highest BCUT2D eigenvalue weighted by Gasteiger charge is 2.30. The summed E-state index contributed by atoms with van der Waals surface area (Å²) in [5, 5.41) is 0. The highest BCUT2D eigenvalue weighted by molar-refractivity contribution is 5.57. The summed E-state index contributed by atoms with van der Waals surface area (Å²) in [4.78, 5) is 7.05. The van der Waals surface area contributed by atoms with Gasteiger partial charge in [-0.25, -0.2) is 0 Å². The van der Waals surface area contributed by atoms with Gasteiger partial charge in [0.1, 0.15) is 0 Å². The van der Waals surface area contributed by atoms with E-state index in [1.807, 2.05) is 0 Å².